The lowest BCUT2D eigenvalue weighted by Gasteiger charge is -2.34. The molecule has 0 aromatic heterocycles. The van der Waals surface area contributed by atoms with Crippen LogP contribution in [0.3, 0.4) is 0 Å². The van der Waals surface area contributed by atoms with Crippen LogP contribution >= 0.6 is 0 Å². The lowest BCUT2D eigenvalue weighted by molar-refractivity contribution is 0.0643. The number of likely N-dealkylation sites (N-methyl/N-ethyl adjacent to an activating group) is 1. The third-order valence-corrected chi connectivity index (χ3v) is 6.82. The molecular weight excluding hydrogens is 364 g/mol. The van der Waals surface area contributed by atoms with Gasteiger partial charge in [0.2, 0.25) is 10.0 Å². The molecule has 1 aromatic carbocycles. The number of nitrogens with zero attached hydrogens (tertiary/aromatic N) is 4. The fourth-order valence-corrected chi connectivity index (χ4v) is 4.51. The van der Waals surface area contributed by atoms with Gasteiger partial charge in [0.25, 0.3) is 5.91 Å². The fourth-order valence-electron chi connectivity index (χ4n) is 3.68. The lowest BCUT2D eigenvalue weighted by atomic mass is 10.1. The number of benzene rings is 1. The van der Waals surface area contributed by atoms with Crippen LogP contribution in [0.2, 0.25) is 0 Å². The van der Waals surface area contributed by atoms with Gasteiger partial charge in [-0.2, -0.15) is 4.31 Å². The summed E-state index contributed by atoms with van der Waals surface area (Å²) in [7, 11) is -3.09. The molecule has 2 aliphatic rings. The summed E-state index contributed by atoms with van der Waals surface area (Å²) in [6.07, 6.45) is 1.26. The van der Waals surface area contributed by atoms with Gasteiger partial charge in [-0.25, -0.2) is 8.42 Å². The molecule has 27 heavy (non-hydrogen) atoms. The molecule has 1 amide bonds. The maximum atomic E-state index is 12.7. The van der Waals surface area contributed by atoms with Crippen molar-refractivity contribution in [3.63, 3.8) is 0 Å². The predicted octanol–water partition coefficient (Wildman–Crippen LogP) is 0.542. The number of rotatable bonds is 5. The van der Waals surface area contributed by atoms with Gasteiger partial charge < -0.3 is 9.80 Å². The second kappa shape index (κ2) is 8.68. The highest BCUT2D eigenvalue weighted by Gasteiger charge is 2.24. The third kappa shape index (κ3) is 5.28. The smallest absolute Gasteiger partial charge is 0.253 e. The number of sulfonamides is 1. The van der Waals surface area contributed by atoms with Crippen LogP contribution in [0.5, 0.6) is 0 Å². The molecule has 1 aromatic rings. The Morgan fingerprint density at radius 1 is 0.889 bits per heavy atom. The van der Waals surface area contributed by atoms with Crippen molar-refractivity contribution in [2.24, 2.45) is 0 Å². The minimum atomic E-state index is -3.09. The maximum Gasteiger partial charge on any atom is 0.253 e. The van der Waals surface area contributed by atoms with Crippen molar-refractivity contribution >= 4 is 15.9 Å². The molecule has 2 saturated heterocycles. The van der Waals surface area contributed by atoms with Gasteiger partial charge in [-0.1, -0.05) is 19.1 Å². The van der Waals surface area contributed by atoms with E-state index in [4.69, 9.17) is 0 Å². The van der Waals surface area contributed by atoms with E-state index in [9.17, 15) is 13.2 Å². The molecule has 0 N–H and O–H groups in total. The van der Waals surface area contributed by atoms with Gasteiger partial charge in [0.05, 0.1) is 6.26 Å². The van der Waals surface area contributed by atoms with Crippen molar-refractivity contribution in [2.45, 2.75) is 13.5 Å². The zero-order valence-corrected chi connectivity index (χ0v) is 17.1. The van der Waals surface area contributed by atoms with E-state index in [1.807, 2.05) is 29.2 Å². The molecule has 0 saturated carbocycles. The van der Waals surface area contributed by atoms with Crippen molar-refractivity contribution in [2.75, 3.05) is 65.2 Å². The highest BCUT2D eigenvalue weighted by molar-refractivity contribution is 7.88. The van der Waals surface area contributed by atoms with Crippen LogP contribution in [0.25, 0.3) is 0 Å². The standard InChI is InChI=1S/C19H30N4O3S/c1-3-20-8-12-22(13-9-20)19(24)18-6-4-17(5-7-18)16-21-10-14-23(15-11-21)27(2,25)26/h4-7H,3,8-16H2,1-2H3. The number of carbonyl (C=O) groups is 1. The van der Waals surface area contributed by atoms with Crippen LogP contribution in [0.15, 0.2) is 24.3 Å². The molecule has 7 nitrogen and oxygen atoms in total. The second-order valence-corrected chi connectivity index (χ2v) is 9.34. The molecule has 2 fully saturated rings. The van der Waals surface area contributed by atoms with E-state index >= 15 is 0 Å². The Kier molecular flexibility index (Phi) is 6.52. The van der Waals surface area contributed by atoms with Crippen LogP contribution < -0.4 is 0 Å². The van der Waals surface area contributed by atoms with Crippen molar-refractivity contribution in [1.29, 1.82) is 0 Å². The van der Waals surface area contributed by atoms with Crippen LogP contribution in [0, 0.1) is 0 Å². The van der Waals surface area contributed by atoms with E-state index in [0.29, 0.717) is 13.1 Å². The molecule has 2 heterocycles. The maximum absolute atomic E-state index is 12.7. The largest absolute Gasteiger partial charge is 0.336 e. The summed E-state index contributed by atoms with van der Waals surface area (Å²) in [6.45, 7) is 9.98. The van der Waals surface area contributed by atoms with Gasteiger partial charge in [-0.3, -0.25) is 9.69 Å². The SMILES string of the molecule is CCN1CCN(C(=O)c2ccc(CN3CCN(S(C)(=O)=O)CC3)cc2)CC1. The minimum Gasteiger partial charge on any atom is -0.336 e. The van der Waals surface area contributed by atoms with Crippen molar-refractivity contribution in [1.82, 2.24) is 19.0 Å². The minimum absolute atomic E-state index is 0.110. The summed E-state index contributed by atoms with van der Waals surface area (Å²) < 4.78 is 24.7. The van der Waals surface area contributed by atoms with Crippen molar-refractivity contribution < 1.29 is 13.2 Å². The third-order valence-electron chi connectivity index (χ3n) is 5.51. The van der Waals surface area contributed by atoms with Gasteiger partial charge in [-0.05, 0) is 24.2 Å². The molecule has 0 radical (unpaired) electrons. The summed E-state index contributed by atoms with van der Waals surface area (Å²) in [5, 5.41) is 0. The highest BCUT2D eigenvalue weighted by Crippen LogP contribution is 2.14. The molecule has 0 bridgehead atoms. The van der Waals surface area contributed by atoms with Gasteiger partial charge in [-0.15, -0.1) is 0 Å². The molecule has 150 valence electrons. The first-order valence-electron chi connectivity index (χ1n) is 9.65. The van der Waals surface area contributed by atoms with Gasteiger partial charge >= 0.3 is 0 Å². The van der Waals surface area contributed by atoms with Crippen LogP contribution in [0.4, 0.5) is 0 Å². The van der Waals surface area contributed by atoms with Gasteiger partial charge in [0, 0.05) is 64.5 Å². The van der Waals surface area contributed by atoms with E-state index in [-0.39, 0.29) is 5.91 Å². The summed E-state index contributed by atoms with van der Waals surface area (Å²) >= 11 is 0. The molecule has 0 unspecified atom stereocenters. The van der Waals surface area contributed by atoms with Crippen molar-refractivity contribution in [3.8, 4) is 0 Å². The van der Waals surface area contributed by atoms with E-state index in [0.717, 1.165) is 63.5 Å². The Morgan fingerprint density at radius 3 is 1.96 bits per heavy atom. The first-order chi connectivity index (χ1) is 12.9. The topological polar surface area (TPSA) is 64.2 Å². The van der Waals surface area contributed by atoms with E-state index < -0.39 is 10.0 Å². The lowest BCUT2D eigenvalue weighted by Crippen LogP contribution is -2.48. The Labute approximate surface area is 162 Å². The monoisotopic (exact) mass is 394 g/mol. The molecular formula is C19H30N4O3S. The predicted molar refractivity (Wildman–Crippen MR) is 106 cm³/mol. The summed E-state index contributed by atoms with van der Waals surface area (Å²) in [6, 6.07) is 7.85. The average molecular weight is 395 g/mol. The van der Waals surface area contributed by atoms with Crippen molar-refractivity contribution in [3.05, 3.63) is 35.4 Å². The van der Waals surface area contributed by atoms with E-state index in [2.05, 4.69) is 16.7 Å². The van der Waals surface area contributed by atoms with E-state index in [1.54, 1.807) is 0 Å². The summed E-state index contributed by atoms with van der Waals surface area (Å²) in [5.41, 5.74) is 1.89. The molecule has 3 rings (SSSR count). The van der Waals surface area contributed by atoms with Gasteiger partial charge in [0.1, 0.15) is 0 Å². The quantitative estimate of drug-likeness (QED) is 0.730. The molecule has 0 atom stereocenters. The number of piperazine rings is 2. The fraction of sp³-hybridized carbons (Fsp3) is 0.632. The van der Waals surface area contributed by atoms with Crippen LogP contribution in [-0.4, -0.2) is 98.5 Å². The molecule has 2 aliphatic heterocycles. The zero-order valence-electron chi connectivity index (χ0n) is 16.3. The average Bonchev–Trinajstić information content (AvgIpc) is 2.68. The van der Waals surface area contributed by atoms with Crippen LogP contribution in [-0.2, 0) is 16.6 Å². The van der Waals surface area contributed by atoms with Gasteiger partial charge in [0.15, 0.2) is 0 Å². The van der Waals surface area contributed by atoms with E-state index in [1.165, 1.54) is 10.6 Å². The normalized spacial score (nSPS) is 20.7. The molecule has 8 heteroatoms. The first-order valence-corrected chi connectivity index (χ1v) is 11.5. The Hall–Kier alpha value is -1.48. The molecule has 0 aliphatic carbocycles. The number of hydrogen-bond donors (Lipinski definition) is 0. The number of carbonyl (C=O) groups excluding carboxylic acids is 1. The molecule has 0 spiro atoms. The number of amides is 1. The Bertz CT molecular complexity index is 735. The number of hydrogen-bond acceptors (Lipinski definition) is 5. The highest BCUT2D eigenvalue weighted by atomic mass is 32.2. The Balaban J connectivity index is 1.51. The van der Waals surface area contributed by atoms with Crippen LogP contribution in [0.1, 0.15) is 22.8 Å². The summed E-state index contributed by atoms with van der Waals surface area (Å²) in [5.74, 6) is 0.110. The zero-order chi connectivity index (χ0) is 19.4. The Morgan fingerprint density at radius 2 is 1.44 bits per heavy atom. The second-order valence-electron chi connectivity index (χ2n) is 7.36. The summed E-state index contributed by atoms with van der Waals surface area (Å²) in [4.78, 5) is 19.2. The first kappa shape index (κ1) is 20.3.